The van der Waals surface area contributed by atoms with Crippen LogP contribution < -0.4 is 0 Å². The first-order chi connectivity index (χ1) is 18.1. The maximum Gasteiger partial charge on any atom is 0.397 e. The molecule has 0 aromatic rings. The molecule has 3 aliphatic heterocycles. The standard InChI is InChI=1S/C22H37NO16S/c1-9(24)23-8-21(5,34-6)17-11(23)16(27)22(30,10(36-17)7-35-40(31,32)33)39-19-13(26)12(25)14(38-20(2,3)4)15(37-19)18(28)29/h10-17,19,25-27,30H,7-8H2,1-6H3,(H,28,29)(H,31,32,33)/t10?,11?,12-,13?,14+,15?,16-,17-,19+,21?,22-/m1/s1. The zero-order valence-electron chi connectivity index (χ0n) is 22.7. The lowest BCUT2D eigenvalue weighted by molar-refractivity contribution is -0.420. The normalized spacial score (nSPS) is 42.5. The van der Waals surface area contributed by atoms with Crippen LogP contribution in [0.1, 0.15) is 34.6 Å². The van der Waals surface area contributed by atoms with Crippen molar-refractivity contribution in [2.75, 3.05) is 20.3 Å². The Labute approximate surface area is 230 Å². The molecule has 0 aromatic heterocycles. The Kier molecular flexibility index (Phi) is 9.28. The minimum Gasteiger partial charge on any atom is -0.479 e. The summed E-state index contributed by atoms with van der Waals surface area (Å²) in [7, 11) is -3.81. The Hall–Kier alpha value is -1.55. The molecular formula is C22H37NO16S. The van der Waals surface area contributed by atoms with Gasteiger partial charge in [0.05, 0.1) is 18.2 Å². The van der Waals surface area contributed by atoms with Crippen LogP contribution >= 0.6 is 0 Å². The number of rotatable bonds is 8. The van der Waals surface area contributed by atoms with Crippen molar-refractivity contribution < 1.29 is 76.0 Å². The van der Waals surface area contributed by atoms with Crippen molar-refractivity contribution >= 4 is 22.3 Å². The van der Waals surface area contributed by atoms with Crippen molar-refractivity contribution in [2.45, 2.75) is 107 Å². The molecule has 0 radical (unpaired) electrons. The highest BCUT2D eigenvalue weighted by molar-refractivity contribution is 7.80. The summed E-state index contributed by atoms with van der Waals surface area (Å²) in [5.41, 5.74) is -2.26. The van der Waals surface area contributed by atoms with Crippen LogP contribution in [0, 0.1) is 0 Å². The fourth-order valence-corrected chi connectivity index (χ4v) is 5.44. The molecule has 18 heteroatoms. The maximum absolute atomic E-state index is 12.4. The van der Waals surface area contributed by atoms with Gasteiger partial charge in [-0.3, -0.25) is 9.35 Å². The molecule has 6 N–H and O–H groups in total. The first-order valence-electron chi connectivity index (χ1n) is 12.3. The van der Waals surface area contributed by atoms with Gasteiger partial charge in [0.2, 0.25) is 11.7 Å². The number of nitrogens with zero attached hydrogens (tertiary/aromatic N) is 1. The lowest BCUT2D eigenvalue weighted by Crippen LogP contribution is -2.73. The van der Waals surface area contributed by atoms with Crippen LogP contribution in [0.15, 0.2) is 0 Å². The molecule has 0 aliphatic carbocycles. The minimum atomic E-state index is -5.11. The summed E-state index contributed by atoms with van der Waals surface area (Å²) in [5, 5.41) is 54.3. The molecule has 232 valence electrons. The first kappa shape index (κ1) is 33.0. The van der Waals surface area contributed by atoms with Crippen LogP contribution in [0.2, 0.25) is 0 Å². The Bertz CT molecular complexity index is 1070. The van der Waals surface area contributed by atoms with Crippen LogP contribution in [0.25, 0.3) is 0 Å². The van der Waals surface area contributed by atoms with Gasteiger partial charge in [0, 0.05) is 14.0 Å². The lowest BCUT2D eigenvalue weighted by Gasteiger charge is -2.52. The number of hydrogen-bond donors (Lipinski definition) is 6. The topological polar surface area (TPSA) is 248 Å². The third kappa shape index (κ3) is 6.42. The predicted octanol–water partition coefficient (Wildman–Crippen LogP) is -3.01. The van der Waals surface area contributed by atoms with Crippen molar-refractivity contribution in [2.24, 2.45) is 0 Å². The Morgan fingerprint density at radius 3 is 2.20 bits per heavy atom. The molecule has 3 saturated heterocycles. The van der Waals surface area contributed by atoms with Gasteiger partial charge in [0.15, 0.2) is 12.4 Å². The van der Waals surface area contributed by atoms with Crippen molar-refractivity contribution in [3.05, 3.63) is 0 Å². The van der Waals surface area contributed by atoms with Gasteiger partial charge in [-0.2, -0.15) is 8.42 Å². The summed E-state index contributed by atoms with van der Waals surface area (Å²) >= 11 is 0. The molecule has 0 spiro atoms. The van der Waals surface area contributed by atoms with Gasteiger partial charge < -0.3 is 54.1 Å². The van der Waals surface area contributed by atoms with E-state index in [0.717, 1.165) is 4.90 Å². The molecule has 0 saturated carbocycles. The quantitative estimate of drug-likeness (QED) is 0.119. The number of carboxylic acid groups (broad SMARTS) is 1. The molecule has 3 rings (SSSR count). The largest absolute Gasteiger partial charge is 0.479 e. The van der Waals surface area contributed by atoms with E-state index >= 15 is 0 Å². The average Bonchev–Trinajstić information content (AvgIpc) is 3.12. The zero-order valence-corrected chi connectivity index (χ0v) is 23.5. The van der Waals surface area contributed by atoms with Gasteiger partial charge in [-0.05, 0) is 27.7 Å². The van der Waals surface area contributed by atoms with Gasteiger partial charge in [-0.1, -0.05) is 0 Å². The fraction of sp³-hybridized carbons (Fsp3) is 0.909. The molecule has 17 nitrogen and oxygen atoms in total. The van der Waals surface area contributed by atoms with Crippen LogP contribution in [-0.2, 0) is 47.9 Å². The first-order valence-corrected chi connectivity index (χ1v) is 13.6. The number of hydrogen-bond acceptors (Lipinski definition) is 14. The van der Waals surface area contributed by atoms with E-state index in [1.54, 1.807) is 20.8 Å². The summed E-state index contributed by atoms with van der Waals surface area (Å²) in [6.07, 6.45) is -15.0. The fourth-order valence-electron chi connectivity index (χ4n) is 5.14. The Balaban J connectivity index is 2.01. The van der Waals surface area contributed by atoms with Crippen molar-refractivity contribution in [3.8, 4) is 0 Å². The van der Waals surface area contributed by atoms with E-state index in [1.165, 1.54) is 21.0 Å². The monoisotopic (exact) mass is 603 g/mol. The smallest absolute Gasteiger partial charge is 0.397 e. The van der Waals surface area contributed by atoms with Crippen molar-refractivity contribution in [1.29, 1.82) is 0 Å². The summed E-state index contributed by atoms with van der Waals surface area (Å²) in [4.78, 5) is 25.5. The molecule has 1 amide bonds. The maximum atomic E-state index is 12.4. The number of carbonyl (C=O) groups excluding carboxylic acids is 1. The van der Waals surface area contributed by atoms with Crippen LogP contribution in [-0.4, -0.2) is 148 Å². The van der Waals surface area contributed by atoms with Gasteiger partial charge in [0.1, 0.15) is 48.8 Å². The summed E-state index contributed by atoms with van der Waals surface area (Å²) in [6, 6.07) is -1.37. The SMILES string of the molecule is COC1(C)CN(C(C)=O)C2[C@H]1OC(COS(=O)(=O)O)[C@@](O)(O[C@@H]1OC(C(=O)O)[C@@H](OC(C)(C)C)[C@H](O)C1O)[C@@H]2O. The van der Waals surface area contributed by atoms with E-state index in [0.29, 0.717) is 0 Å². The third-order valence-corrected chi connectivity index (χ3v) is 7.53. The van der Waals surface area contributed by atoms with Gasteiger partial charge in [0.25, 0.3) is 0 Å². The Morgan fingerprint density at radius 2 is 1.73 bits per heavy atom. The number of carbonyl (C=O) groups is 2. The summed E-state index contributed by atoms with van der Waals surface area (Å²) < 4.78 is 63.8. The second-order valence-corrected chi connectivity index (χ2v) is 12.3. The molecule has 0 aromatic carbocycles. The zero-order chi connectivity index (χ0) is 30.6. The highest BCUT2D eigenvalue weighted by Crippen LogP contribution is 2.45. The van der Waals surface area contributed by atoms with E-state index in [-0.39, 0.29) is 6.54 Å². The molecule has 3 heterocycles. The number of likely N-dealkylation sites (tertiary alicyclic amines) is 1. The Morgan fingerprint density at radius 1 is 1.12 bits per heavy atom. The van der Waals surface area contributed by atoms with E-state index in [9.17, 15) is 43.5 Å². The molecule has 3 fully saturated rings. The van der Waals surface area contributed by atoms with Crippen LogP contribution in [0.5, 0.6) is 0 Å². The minimum absolute atomic E-state index is 0.138. The van der Waals surface area contributed by atoms with E-state index < -0.39 is 101 Å². The molecule has 5 unspecified atom stereocenters. The van der Waals surface area contributed by atoms with Crippen LogP contribution in [0.3, 0.4) is 0 Å². The summed E-state index contributed by atoms with van der Waals surface area (Å²) in [5.74, 6) is -5.27. The number of fused-ring (bicyclic) bond motifs is 1. The highest BCUT2D eigenvalue weighted by Gasteiger charge is 2.67. The van der Waals surface area contributed by atoms with Gasteiger partial charge in [-0.15, -0.1) is 0 Å². The second kappa shape index (κ2) is 11.3. The molecule has 11 atom stereocenters. The second-order valence-electron chi connectivity index (χ2n) is 11.2. The highest BCUT2D eigenvalue weighted by atomic mass is 32.3. The third-order valence-electron chi connectivity index (χ3n) is 7.10. The number of aliphatic hydroxyl groups excluding tert-OH is 3. The van der Waals surface area contributed by atoms with E-state index in [2.05, 4.69) is 4.18 Å². The molecule has 40 heavy (non-hydrogen) atoms. The number of amides is 1. The van der Waals surface area contributed by atoms with Crippen molar-refractivity contribution in [1.82, 2.24) is 4.90 Å². The molecule has 3 aliphatic rings. The summed E-state index contributed by atoms with van der Waals surface area (Å²) in [6.45, 7) is 6.12. The van der Waals surface area contributed by atoms with Crippen molar-refractivity contribution in [3.63, 3.8) is 0 Å². The molecular weight excluding hydrogens is 566 g/mol. The van der Waals surface area contributed by atoms with E-state index in [4.69, 9.17) is 28.2 Å². The predicted molar refractivity (Wildman–Crippen MR) is 128 cm³/mol. The number of methoxy groups -OCH3 is 1. The number of aliphatic hydroxyl groups is 4. The number of carboxylic acids is 1. The average molecular weight is 604 g/mol. The number of aliphatic carboxylic acids is 1. The lowest BCUT2D eigenvalue weighted by atomic mass is 9.85. The molecule has 0 bridgehead atoms. The van der Waals surface area contributed by atoms with Gasteiger partial charge >= 0.3 is 16.4 Å². The van der Waals surface area contributed by atoms with Gasteiger partial charge in [-0.25, -0.2) is 8.98 Å². The number of ether oxygens (including phenoxy) is 5. The van der Waals surface area contributed by atoms with Crippen LogP contribution in [0.4, 0.5) is 0 Å². The van der Waals surface area contributed by atoms with E-state index in [1.807, 2.05) is 0 Å².